The van der Waals surface area contributed by atoms with Gasteiger partial charge in [-0.15, -0.1) is 11.3 Å². The second-order valence-electron chi connectivity index (χ2n) is 7.69. The van der Waals surface area contributed by atoms with E-state index in [-0.39, 0.29) is 17.7 Å². The van der Waals surface area contributed by atoms with Crippen LogP contribution in [0.5, 0.6) is 0 Å². The molecule has 8 heteroatoms. The largest absolute Gasteiger partial charge is 0.350 e. The number of likely N-dealkylation sites (tertiary alicyclic amines) is 1. The summed E-state index contributed by atoms with van der Waals surface area (Å²) in [6.45, 7) is 1.24. The molecule has 1 fully saturated rings. The number of rotatable bonds is 7. The maximum atomic E-state index is 12.9. The SMILES string of the molecule is CN(C)CC(=O)Nc1cccc(CNC(=O)C2CCCCN2C(=O)c2cccs2)c1. The summed E-state index contributed by atoms with van der Waals surface area (Å²) in [6.07, 6.45) is 2.51. The lowest BCUT2D eigenvalue weighted by Crippen LogP contribution is -2.51. The second kappa shape index (κ2) is 10.4. The summed E-state index contributed by atoms with van der Waals surface area (Å²) in [5.41, 5.74) is 1.58. The maximum Gasteiger partial charge on any atom is 0.264 e. The van der Waals surface area contributed by atoms with Crippen molar-refractivity contribution in [3.05, 3.63) is 52.2 Å². The molecule has 1 saturated heterocycles. The van der Waals surface area contributed by atoms with E-state index in [0.29, 0.717) is 36.6 Å². The van der Waals surface area contributed by atoms with Crippen LogP contribution in [0.15, 0.2) is 41.8 Å². The minimum absolute atomic E-state index is 0.0737. The molecular weight excluding hydrogens is 400 g/mol. The molecule has 1 atom stereocenters. The summed E-state index contributed by atoms with van der Waals surface area (Å²) in [5.74, 6) is -0.303. The van der Waals surface area contributed by atoms with E-state index in [9.17, 15) is 14.4 Å². The Kier molecular flexibility index (Phi) is 7.59. The molecule has 3 rings (SSSR count). The van der Waals surface area contributed by atoms with Crippen molar-refractivity contribution >= 4 is 34.7 Å². The first-order valence-corrected chi connectivity index (χ1v) is 11.0. The molecule has 3 amide bonds. The quantitative estimate of drug-likeness (QED) is 0.710. The molecule has 2 aromatic rings. The highest BCUT2D eigenvalue weighted by Gasteiger charge is 2.32. The lowest BCUT2D eigenvalue weighted by atomic mass is 10.0. The summed E-state index contributed by atoms with van der Waals surface area (Å²) < 4.78 is 0. The second-order valence-corrected chi connectivity index (χ2v) is 8.64. The Bertz CT molecular complexity index is 882. The number of thiophene rings is 1. The molecule has 1 aromatic heterocycles. The van der Waals surface area contributed by atoms with Gasteiger partial charge < -0.3 is 20.4 Å². The number of hydrogen-bond donors (Lipinski definition) is 2. The first-order chi connectivity index (χ1) is 14.4. The number of carbonyl (C=O) groups is 3. The van der Waals surface area contributed by atoms with Crippen LogP contribution in [0, 0.1) is 0 Å². The van der Waals surface area contributed by atoms with E-state index in [2.05, 4.69) is 10.6 Å². The molecule has 2 N–H and O–H groups in total. The Hall–Kier alpha value is -2.71. The average molecular weight is 429 g/mol. The molecule has 1 aliphatic rings. The van der Waals surface area contributed by atoms with E-state index in [1.54, 1.807) is 15.9 Å². The minimum Gasteiger partial charge on any atom is -0.350 e. The number of anilines is 1. The van der Waals surface area contributed by atoms with E-state index in [1.165, 1.54) is 11.3 Å². The van der Waals surface area contributed by atoms with Gasteiger partial charge in [-0.05, 0) is 62.5 Å². The fourth-order valence-electron chi connectivity index (χ4n) is 3.54. The molecule has 0 saturated carbocycles. The van der Waals surface area contributed by atoms with Gasteiger partial charge in [-0.1, -0.05) is 18.2 Å². The van der Waals surface area contributed by atoms with Crippen LogP contribution in [0.1, 0.15) is 34.5 Å². The molecule has 0 bridgehead atoms. The number of nitrogens with one attached hydrogen (secondary N) is 2. The van der Waals surface area contributed by atoms with Gasteiger partial charge in [0.2, 0.25) is 11.8 Å². The average Bonchev–Trinajstić information content (AvgIpc) is 3.26. The highest BCUT2D eigenvalue weighted by molar-refractivity contribution is 7.12. The Labute approximate surface area is 181 Å². The summed E-state index contributed by atoms with van der Waals surface area (Å²) >= 11 is 1.40. The topological polar surface area (TPSA) is 81.8 Å². The van der Waals surface area contributed by atoms with Crippen molar-refractivity contribution in [1.82, 2.24) is 15.1 Å². The van der Waals surface area contributed by atoms with Gasteiger partial charge in [0, 0.05) is 18.8 Å². The van der Waals surface area contributed by atoms with Crippen LogP contribution < -0.4 is 10.6 Å². The summed E-state index contributed by atoms with van der Waals surface area (Å²) in [5, 5.41) is 7.69. The normalized spacial score (nSPS) is 16.4. The van der Waals surface area contributed by atoms with Crippen LogP contribution in [0.2, 0.25) is 0 Å². The molecule has 0 radical (unpaired) electrons. The van der Waals surface area contributed by atoms with Gasteiger partial charge in [0.25, 0.3) is 5.91 Å². The zero-order valence-electron chi connectivity index (χ0n) is 17.4. The van der Waals surface area contributed by atoms with Crippen LogP contribution >= 0.6 is 11.3 Å². The van der Waals surface area contributed by atoms with Crippen LogP contribution in [0.4, 0.5) is 5.69 Å². The molecule has 0 aliphatic carbocycles. The van der Waals surface area contributed by atoms with Crippen molar-refractivity contribution in [3.8, 4) is 0 Å². The number of benzene rings is 1. The zero-order chi connectivity index (χ0) is 21.5. The molecular formula is C22H28N4O3S. The van der Waals surface area contributed by atoms with Crippen molar-refractivity contribution in [2.45, 2.75) is 31.8 Å². The fourth-order valence-corrected chi connectivity index (χ4v) is 4.22. The predicted octanol–water partition coefficient (Wildman–Crippen LogP) is 2.56. The minimum atomic E-state index is -0.448. The highest BCUT2D eigenvalue weighted by atomic mass is 32.1. The summed E-state index contributed by atoms with van der Waals surface area (Å²) in [6, 6.07) is 10.6. The Morgan fingerprint density at radius 2 is 2.00 bits per heavy atom. The third-order valence-electron chi connectivity index (χ3n) is 4.94. The molecule has 1 unspecified atom stereocenters. The number of piperidine rings is 1. The Morgan fingerprint density at radius 3 is 2.73 bits per heavy atom. The lowest BCUT2D eigenvalue weighted by molar-refractivity contribution is -0.126. The van der Waals surface area contributed by atoms with E-state index in [1.807, 2.05) is 49.8 Å². The smallest absolute Gasteiger partial charge is 0.264 e. The van der Waals surface area contributed by atoms with Gasteiger partial charge in [0.1, 0.15) is 6.04 Å². The molecule has 30 heavy (non-hydrogen) atoms. The summed E-state index contributed by atoms with van der Waals surface area (Å²) in [4.78, 5) is 41.8. The first-order valence-electron chi connectivity index (χ1n) is 10.1. The molecule has 1 aliphatic heterocycles. The maximum absolute atomic E-state index is 12.9. The fraction of sp³-hybridized carbons (Fsp3) is 0.409. The highest BCUT2D eigenvalue weighted by Crippen LogP contribution is 2.22. The first kappa shape index (κ1) is 22.0. The molecule has 7 nitrogen and oxygen atoms in total. The van der Waals surface area contributed by atoms with Crippen LogP contribution in [-0.4, -0.2) is 60.7 Å². The number of hydrogen-bond acceptors (Lipinski definition) is 5. The Morgan fingerprint density at radius 1 is 1.17 bits per heavy atom. The van der Waals surface area contributed by atoms with Gasteiger partial charge in [-0.25, -0.2) is 0 Å². The van der Waals surface area contributed by atoms with Crippen LogP contribution in [0.3, 0.4) is 0 Å². The predicted molar refractivity (Wildman–Crippen MR) is 118 cm³/mol. The summed E-state index contributed by atoms with van der Waals surface area (Å²) in [7, 11) is 3.67. The number of carbonyl (C=O) groups excluding carboxylic acids is 3. The van der Waals surface area contributed by atoms with Crippen LogP contribution in [-0.2, 0) is 16.1 Å². The molecule has 1 aromatic carbocycles. The van der Waals surface area contributed by atoms with Crippen molar-refractivity contribution in [1.29, 1.82) is 0 Å². The van der Waals surface area contributed by atoms with Crippen molar-refractivity contribution in [2.75, 3.05) is 32.5 Å². The van der Waals surface area contributed by atoms with E-state index in [4.69, 9.17) is 0 Å². The van der Waals surface area contributed by atoms with E-state index >= 15 is 0 Å². The Balaban J connectivity index is 1.59. The van der Waals surface area contributed by atoms with Gasteiger partial charge in [0.15, 0.2) is 0 Å². The van der Waals surface area contributed by atoms with Crippen molar-refractivity contribution in [3.63, 3.8) is 0 Å². The number of likely N-dealkylation sites (N-methyl/N-ethyl adjacent to an activating group) is 1. The van der Waals surface area contributed by atoms with Crippen LogP contribution in [0.25, 0.3) is 0 Å². The lowest BCUT2D eigenvalue weighted by Gasteiger charge is -2.34. The van der Waals surface area contributed by atoms with E-state index in [0.717, 1.165) is 18.4 Å². The van der Waals surface area contributed by atoms with E-state index < -0.39 is 6.04 Å². The molecule has 0 spiro atoms. The number of amides is 3. The zero-order valence-corrected chi connectivity index (χ0v) is 18.2. The number of nitrogens with zero attached hydrogens (tertiary/aromatic N) is 2. The third-order valence-corrected chi connectivity index (χ3v) is 5.79. The van der Waals surface area contributed by atoms with Gasteiger partial charge >= 0.3 is 0 Å². The molecule has 2 heterocycles. The monoisotopic (exact) mass is 428 g/mol. The van der Waals surface area contributed by atoms with Gasteiger partial charge in [-0.2, -0.15) is 0 Å². The third kappa shape index (κ3) is 5.90. The van der Waals surface area contributed by atoms with Crippen molar-refractivity contribution in [2.24, 2.45) is 0 Å². The van der Waals surface area contributed by atoms with Gasteiger partial charge in [0.05, 0.1) is 11.4 Å². The molecule has 160 valence electrons. The standard InChI is InChI=1S/C22H28N4O3S/c1-25(2)15-20(27)24-17-8-5-7-16(13-17)14-23-21(28)18-9-3-4-11-26(18)22(29)19-10-6-12-30-19/h5-8,10,12-13,18H,3-4,9,11,14-15H2,1-2H3,(H,23,28)(H,24,27). The van der Waals surface area contributed by atoms with Gasteiger partial charge in [-0.3, -0.25) is 14.4 Å². The van der Waals surface area contributed by atoms with Crippen molar-refractivity contribution < 1.29 is 14.4 Å².